The van der Waals surface area contributed by atoms with Gasteiger partial charge in [-0.1, -0.05) is 24.3 Å². The number of rotatable bonds is 7. The van der Waals surface area contributed by atoms with Crippen molar-refractivity contribution in [3.63, 3.8) is 0 Å². The van der Waals surface area contributed by atoms with Crippen LogP contribution in [0.4, 0.5) is 0 Å². The predicted octanol–water partition coefficient (Wildman–Crippen LogP) is 1.60. The number of likely N-dealkylation sites (tertiary alicyclic amines) is 1. The van der Waals surface area contributed by atoms with Gasteiger partial charge < -0.3 is 16.4 Å². The van der Waals surface area contributed by atoms with Gasteiger partial charge in [-0.2, -0.15) is 5.10 Å². The zero-order chi connectivity index (χ0) is 20.6. The molecule has 2 aromatic rings. The molecular formula is C21H32IN7O. The Labute approximate surface area is 195 Å². The third kappa shape index (κ3) is 6.98. The van der Waals surface area contributed by atoms with Gasteiger partial charge >= 0.3 is 0 Å². The molecule has 3 rings (SSSR count). The Morgan fingerprint density at radius 2 is 2.03 bits per heavy atom. The number of carbonyl (C=O) groups excluding carboxylic acids is 1. The van der Waals surface area contributed by atoms with Crippen molar-refractivity contribution in [2.75, 3.05) is 20.1 Å². The highest BCUT2D eigenvalue weighted by molar-refractivity contribution is 14.0. The van der Waals surface area contributed by atoms with Crippen LogP contribution in [-0.2, 0) is 31.5 Å². The number of primary amides is 1. The van der Waals surface area contributed by atoms with Crippen molar-refractivity contribution < 1.29 is 4.79 Å². The largest absolute Gasteiger partial charge is 0.369 e. The summed E-state index contributed by atoms with van der Waals surface area (Å²) in [4.78, 5) is 18.1. The van der Waals surface area contributed by atoms with E-state index >= 15 is 0 Å². The molecule has 0 aliphatic carbocycles. The number of hydrogen-bond donors (Lipinski definition) is 3. The van der Waals surface area contributed by atoms with Crippen LogP contribution in [0.1, 0.15) is 29.7 Å². The van der Waals surface area contributed by atoms with Crippen molar-refractivity contribution in [2.45, 2.75) is 32.5 Å². The molecule has 1 aliphatic rings. The molecule has 30 heavy (non-hydrogen) atoms. The van der Waals surface area contributed by atoms with Gasteiger partial charge in [0.05, 0.1) is 18.2 Å². The van der Waals surface area contributed by atoms with Crippen LogP contribution in [0.5, 0.6) is 0 Å². The molecule has 1 amide bonds. The number of nitrogens with two attached hydrogens (primary N) is 1. The van der Waals surface area contributed by atoms with Crippen molar-refractivity contribution >= 4 is 35.8 Å². The first-order valence-electron chi connectivity index (χ1n) is 10.1. The summed E-state index contributed by atoms with van der Waals surface area (Å²) in [6.45, 7) is 3.94. The van der Waals surface area contributed by atoms with Crippen molar-refractivity contribution in [3.8, 4) is 0 Å². The zero-order valence-electron chi connectivity index (χ0n) is 17.7. The second kappa shape index (κ2) is 11.9. The third-order valence-corrected chi connectivity index (χ3v) is 5.35. The third-order valence-electron chi connectivity index (χ3n) is 5.35. The molecule has 0 bridgehead atoms. The molecule has 1 fully saturated rings. The zero-order valence-corrected chi connectivity index (χ0v) is 20.0. The summed E-state index contributed by atoms with van der Waals surface area (Å²) < 4.78 is 1.84. The highest BCUT2D eigenvalue weighted by Crippen LogP contribution is 2.18. The average molecular weight is 525 g/mol. The Kier molecular flexibility index (Phi) is 9.57. The van der Waals surface area contributed by atoms with Crippen LogP contribution >= 0.6 is 24.0 Å². The van der Waals surface area contributed by atoms with Crippen LogP contribution in [0.3, 0.4) is 0 Å². The topological polar surface area (TPSA) is 101 Å². The molecule has 2 heterocycles. The lowest BCUT2D eigenvalue weighted by Crippen LogP contribution is -2.40. The van der Waals surface area contributed by atoms with Crippen molar-refractivity contribution in [3.05, 3.63) is 53.3 Å². The normalized spacial score (nSPS) is 17.3. The van der Waals surface area contributed by atoms with E-state index < -0.39 is 0 Å². The number of nitrogens with zero attached hydrogens (tertiary/aromatic N) is 4. The van der Waals surface area contributed by atoms with Gasteiger partial charge in [0.15, 0.2) is 5.96 Å². The van der Waals surface area contributed by atoms with E-state index in [9.17, 15) is 4.79 Å². The van der Waals surface area contributed by atoms with Gasteiger partial charge in [-0.15, -0.1) is 24.0 Å². The monoisotopic (exact) mass is 525 g/mol. The Morgan fingerprint density at radius 3 is 2.73 bits per heavy atom. The fourth-order valence-corrected chi connectivity index (χ4v) is 3.68. The SMILES string of the molecule is CN=C(NCc1cccc(CN2CCCC(C(N)=O)C2)c1)NCc1ccnn1C.I. The van der Waals surface area contributed by atoms with Crippen LogP contribution in [0.25, 0.3) is 0 Å². The second-order valence-corrected chi connectivity index (χ2v) is 7.52. The number of benzene rings is 1. The molecule has 1 aliphatic heterocycles. The maximum Gasteiger partial charge on any atom is 0.221 e. The van der Waals surface area contributed by atoms with Gasteiger partial charge in [0.2, 0.25) is 5.91 Å². The molecule has 8 nitrogen and oxygen atoms in total. The Balaban J connectivity index is 0.00000320. The number of hydrogen-bond acceptors (Lipinski definition) is 4. The number of aliphatic imine (C=N–C) groups is 1. The van der Waals surface area contributed by atoms with Crippen molar-refractivity contribution in [1.29, 1.82) is 0 Å². The number of carbonyl (C=O) groups is 1. The smallest absolute Gasteiger partial charge is 0.221 e. The van der Waals surface area contributed by atoms with E-state index in [1.807, 2.05) is 17.8 Å². The molecule has 4 N–H and O–H groups in total. The lowest BCUT2D eigenvalue weighted by Gasteiger charge is -2.31. The van der Waals surface area contributed by atoms with E-state index in [1.165, 1.54) is 11.1 Å². The molecule has 1 aromatic heterocycles. The van der Waals surface area contributed by atoms with Gasteiger partial charge in [-0.25, -0.2) is 0 Å². The number of amides is 1. The Hall–Kier alpha value is -2.14. The Bertz CT molecular complexity index is 851. The van der Waals surface area contributed by atoms with E-state index in [0.717, 1.165) is 44.1 Å². The Morgan fingerprint density at radius 1 is 1.27 bits per heavy atom. The average Bonchev–Trinajstić information content (AvgIpc) is 3.13. The molecule has 164 valence electrons. The van der Waals surface area contributed by atoms with Crippen LogP contribution in [0.2, 0.25) is 0 Å². The summed E-state index contributed by atoms with van der Waals surface area (Å²) in [5.74, 6) is 0.539. The van der Waals surface area contributed by atoms with Gasteiger partial charge in [-0.05, 0) is 36.6 Å². The summed E-state index contributed by atoms with van der Waals surface area (Å²) >= 11 is 0. The molecule has 1 aromatic carbocycles. The van der Waals surface area contributed by atoms with Crippen LogP contribution in [0, 0.1) is 5.92 Å². The summed E-state index contributed by atoms with van der Waals surface area (Å²) in [5.41, 5.74) is 9.02. The standard InChI is InChI=1S/C21H31N7O.HI/c1-23-21(25-13-19-8-9-26-27(19)2)24-12-16-5-3-6-17(11-16)14-28-10-4-7-18(15-28)20(22)29;/h3,5-6,8-9,11,18H,4,7,10,12-15H2,1-2H3,(H2,22,29)(H2,23,24,25);1H. The van der Waals surface area contributed by atoms with Gasteiger partial charge in [0.25, 0.3) is 0 Å². The number of guanidine groups is 1. The van der Waals surface area contributed by atoms with E-state index in [-0.39, 0.29) is 35.8 Å². The molecule has 9 heteroatoms. The highest BCUT2D eigenvalue weighted by atomic mass is 127. The summed E-state index contributed by atoms with van der Waals surface area (Å²) in [6, 6.07) is 10.5. The highest BCUT2D eigenvalue weighted by Gasteiger charge is 2.23. The van der Waals surface area contributed by atoms with E-state index in [0.29, 0.717) is 13.1 Å². The lowest BCUT2D eigenvalue weighted by atomic mass is 9.97. The van der Waals surface area contributed by atoms with E-state index in [1.54, 1.807) is 13.2 Å². The molecule has 1 atom stereocenters. The maximum atomic E-state index is 11.5. The molecule has 1 unspecified atom stereocenters. The lowest BCUT2D eigenvalue weighted by molar-refractivity contribution is -0.123. The van der Waals surface area contributed by atoms with Gasteiger partial charge in [0, 0.05) is 39.9 Å². The fourth-order valence-electron chi connectivity index (χ4n) is 3.68. The van der Waals surface area contributed by atoms with Crippen LogP contribution in [-0.4, -0.2) is 46.7 Å². The number of piperidine rings is 1. The molecule has 0 saturated carbocycles. The fraction of sp³-hybridized carbons (Fsp3) is 0.476. The van der Waals surface area contributed by atoms with E-state index in [4.69, 9.17) is 5.73 Å². The summed E-state index contributed by atoms with van der Waals surface area (Å²) in [6.07, 6.45) is 3.71. The van der Waals surface area contributed by atoms with Gasteiger partial charge in [0.1, 0.15) is 0 Å². The van der Waals surface area contributed by atoms with Crippen molar-refractivity contribution in [2.24, 2.45) is 23.7 Å². The number of halogens is 1. The first kappa shape index (κ1) is 24.1. The first-order valence-corrected chi connectivity index (χ1v) is 10.1. The number of aryl methyl sites for hydroxylation is 1. The molecular weight excluding hydrogens is 493 g/mol. The minimum Gasteiger partial charge on any atom is -0.369 e. The number of aromatic nitrogens is 2. The van der Waals surface area contributed by atoms with Crippen LogP contribution in [0.15, 0.2) is 41.5 Å². The first-order chi connectivity index (χ1) is 14.0. The predicted molar refractivity (Wildman–Crippen MR) is 129 cm³/mol. The minimum absolute atomic E-state index is 0. The quantitative estimate of drug-likeness (QED) is 0.290. The molecule has 0 radical (unpaired) electrons. The number of nitrogens with one attached hydrogen (secondary N) is 2. The molecule has 1 saturated heterocycles. The summed E-state index contributed by atoms with van der Waals surface area (Å²) in [7, 11) is 3.69. The van der Waals surface area contributed by atoms with Crippen molar-refractivity contribution in [1.82, 2.24) is 25.3 Å². The maximum absolute atomic E-state index is 11.5. The second-order valence-electron chi connectivity index (χ2n) is 7.52. The summed E-state index contributed by atoms with van der Waals surface area (Å²) in [5, 5.41) is 10.8. The van der Waals surface area contributed by atoms with Gasteiger partial charge in [-0.3, -0.25) is 19.4 Å². The van der Waals surface area contributed by atoms with E-state index in [2.05, 4.69) is 49.9 Å². The van der Waals surface area contributed by atoms with Crippen LogP contribution < -0.4 is 16.4 Å². The minimum atomic E-state index is -0.183. The molecule has 0 spiro atoms.